The third kappa shape index (κ3) is 3.03. The molecule has 0 unspecified atom stereocenters. The maximum Gasteiger partial charge on any atom is 0.250 e. The molecule has 3 heteroatoms. The fraction of sp³-hybridized carbons (Fsp3) is 0.500. The first-order valence-corrected chi connectivity index (χ1v) is 4.61. The second kappa shape index (κ2) is 4.82. The molecule has 0 aliphatic carbocycles. The van der Waals surface area contributed by atoms with E-state index in [0.29, 0.717) is 6.54 Å². The zero-order valence-corrected chi connectivity index (χ0v) is 7.99. The van der Waals surface area contributed by atoms with Gasteiger partial charge in [-0.1, -0.05) is 0 Å². The monoisotopic (exact) mass is 180 g/mol. The van der Waals surface area contributed by atoms with Gasteiger partial charge in [0, 0.05) is 18.8 Å². The van der Waals surface area contributed by atoms with Crippen molar-refractivity contribution in [2.45, 2.75) is 26.3 Å². The van der Waals surface area contributed by atoms with Gasteiger partial charge in [-0.25, -0.2) is 0 Å². The minimum Gasteiger partial charge on any atom is -0.330 e. The molecule has 0 radical (unpaired) electrons. The molecule has 0 spiro atoms. The van der Waals surface area contributed by atoms with E-state index in [1.807, 2.05) is 19.2 Å². The van der Waals surface area contributed by atoms with Crippen LogP contribution in [0.25, 0.3) is 0 Å². The summed E-state index contributed by atoms with van der Waals surface area (Å²) in [4.78, 5) is 11.4. The minimum absolute atomic E-state index is 0.0806. The summed E-state index contributed by atoms with van der Waals surface area (Å²) in [6.45, 7) is 3.39. The second-order valence-corrected chi connectivity index (χ2v) is 3.23. The van der Waals surface area contributed by atoms with Crippen molar-refractivity contribution < 1.29 is 0 Å². The molecule has 1 heterocycles. The van der Waals surface area contributed by atoms with Gasteiger partial charge in [-0.05, 0) is 37.9 Å². The number of pyridine rings is 1. The van der Waals surface area contributed by atoms with Crippen LogP contribution in [0.15, 0.2) is 23.1 Å². The van der Waals surface area contributed by atoms with Gasteiger partial charge in [0.05, 0.1) is 0 Å². The molecule has 13 heavy (non-hydrogen) atoms. The number of aryl methyl sites for hydroxylation is 2. The minimum atomic E-state index is 0.0806. The Kier molecular flexibility index (Phi) is 3.71. The molecular weight excluding hydrogens is 164 g/mol. The first-order valence-electron chi connectivity index (χ1n) is 4.61. The average Bonchev–Trinajstić information content (AvgIpc) is 2.09. The lowest BCUT2D eigenvalue weighted by atomic mass is 10.3. The summed E-state index contributed by atoms with van der Waals surface area (Å²) in [5.74, 6) is 0. The van der Waals surface area contributed by atoms with Gasteiger partial charge in [0.25, 0.3) is 5.56 Å². The van der Waals surface area contributed by atoms with Gasteiger partial charge in [0.1, 0.15) is 0 Å². The van der Waals surface area contributed by atoms with Gasteiger partial charge in [0.2, 0.25) is 0 Å². The first-order chi connectivity index (χ1) is 6.24. The van der Waals surface area contributed by atoms with E-state index < -0.39 is 0 Å². The zero-order chi connectivity index (χ0) is 9.68. The van der Waals surface area contributed by atoms with Crippen LogP contribution in [0, 0.1) is 6.92 Å². The molecule has 0 bridgehead atoms. The fourth-order valence-corrected chi connectivity index (χ4v) is 1.22. The molecule has 0 atom stereocenters. The van der Waals surface area contributed by atoms with Crippen molar-refractivity contribution in [1.82, 2.24) is 4.57 Å². The van der Waals surface area contributed by atoms with Crippen molar-refractivity contribution in [2.24, 2.45) is 5.73 Å². The number of rotatable bonds is 4. The number of nitrogens with zero attached hydrogens (tertiary/aromatic N) is 1. The summed E-state index contributed by atoms with van der Waals surface area (Å²) in [7, 11) is 0. The molecule has 1 aromatic heterocycles. The van der Waals surface area contributed by atoms with E-state index in [2.05, 4.69) is 0 Å². The molecule has 0 amide bonds. The molecule has 1 rings (SSSR count). The number of hydrogen-bond acceptors (Lipinski definition) is 2. The van der Waals surface area contributed by atoms with E-state index >= 15 is 0 Å². The number of hydrogen-bond donors (Lipinski definition) is 1. The van der Waals surface area contributed by atoms with Crippen LogP contribution in [0.5, 0.6) is 0 Å². The predicted molar refractivity (Wildman–Crippen MR) is 53.7 cm³/mol. The van der Waals surface area contributed by atoms with Crippen molar-refractivity contribution in [3.8, 4) is 0 Å². The van der Waals surface area contributed by atoms with Gasteiger partial charge in [-0.3, -0.25) is 4.79 Å². The molecular formula is C10H16N2O. The Morgan fingerprint density at radius 1 is 1.46 bits per heavy atom. The molecule has 2 N–H and O–H groups in total. The molecule has 0 aliphatic rings. The van der Waals surface area contributed by atoms with Crippen LogP contribution < -0.4 is 11.3 Å². The Morgan fingerprint density at radius 3 is 2.85 bits per heavy atom. The highest BCUT2D eigenvalue weighted by Crippen LogP contribution is 1.94. The average molecular weight is 180 g/mol. The van der Waals surface area contributed by atoms with Crippen molar-refractivity contribution in [3.63, 3.8) is 0 Å². The Hall–Kier alpha value is -1.09. The number of nitrogens with two attached hydrogens (primary N) is 1. The standard InChI is InChI=1S/C10H16N2O/c1-9-4-7-12(10(13)8-9)6-3-2-5-11/h4,7-8H,2-3,5-6,11H2,1H3. The molecule has 3 nitrogen and oxygen atoms in total. The lowest BCUT2D eigenvalue weighted by molar-refractivity contribution is 0.598. The fourth-order valence-electron chi connectivity index (χ4n) is 1.22. The highest BCUT2D eigenvalue weighted by molar-refractivity contribution is 5.07. The molecule has 1 aromatic rings. The molecule has 0 saturated carbocycles. The largest absolute Gasteiger partial charge is 0.330 e. The van der Waals surface area contributed by atoms with E-state index in [-0.39, 0.29) is 5.56 Å². The lowest BCUT2D eigenvalue weighted by Crippen LogP contribution is -2.19. The Morgan fingerprint density at radius 2 is 2.23 bits per heavy atom. The van der Waals surface area contributed by atoms with E-state index in [1.165, 1.54) is 0 Å². The van der Waals surface area contributed by atoms with Gasteiger partial charge >= 0.3 is 0 Å². The lowest BCUT2D eigenvalue weighted by Gasteiger charge is -2.04. The summed E-state index contributed by atoms with van der Waals surface area (Å²) in [6.07, 6.45) is 3.79. The Labute approximate surface area is 78.2 Å². The van der Waals surface area contributed by atoms with E-state index in [4.69, 9.17) is 5.73 Å². The van der Waals surface area contributed by atoms with Crippen LogP contribution >= 0.6 is 0 Å². The summed E-state index contributed by atoms with van der Waals surface area (Å²) in [6, 6.07) is 3.60. The van der Waals surface area contributed by atoms with Crippen LogP contribution in [-0.2, 0) is 6.54 Å². The number of aromatic nitrogens is 1. The van der Waals surface area contributed by atoms with Crippen molar-refractivity contribution in [3.05, 3.63) is 34.2 Å². The maximum absolute atomic E-state index is 11.4. The first kappa shape index (κ1) is 9.99. The highest BCUT2D eigenvalue weighted by Gasteiger charge is 1.94. The van der Waals surface area contributed by atoms with Gasteiger partial charge in [-0.15, -0.1) is 0 Å². The van der Waals surface area contributed by atoms with Crippen LogP contribution in [0.4, 0.5) is 0 Å². The highest BCUT2D eigenvalue weighted by atomic mass is 16.1. The predicted octanol–water partition coefficient (Wildman–Crippen LogP) is 0.896. The van der Waals surface area contributed by atoms with Crippen molar-refractivity contribution >= 4 is 0 Å². The third-order valence-electron chi connectivity index (χ3n) is 2.00. The van der Waals surface area contributed by atoms with Crippen molar-refractivity contribution in [1.29, 1.82) is 0 Å². The van der Waals surface area contributed by atoms with Gasteiger partial charge < -0.3 is 10.3 Å². The normalized spacial score (nSPS) is 10.3. The molecule has 0 aromatic carbocycles. The Bertz CT molecular complexity index is 317. The van der Waals surface area contributed by atoms with Crippen LogP contribution in [0.1, 0.15) is 18.4 Å². The topological polar surface area (TPSA) is 48.0 Å². The molecule has 0 fully saturated rings. The zero-order valence-electron chi connectivity index (χ0n) is 7.99. The third-order valence-corrected chi connectivity index (χ3v) is 2.00. The van der Waals surface area contributed by atoms with E-state index in [9.17, 15) is 4.79 Å². The summed E-state index contributed by atoms with van der Waals surface area (Å²) < 4.78 is 1.72. The molecule has 72 valence electrons. The summed E-state index contributed by atoms with van der Waals surface area (Å²) in [5.41, 5.74) is 6.46. The smallest absolute Gasteiger partial charge is 0.250 e. The summed E-state index contributed by atoms with van der Waals surface area (Å²) >= 11 is 0. The van der Waals surface area contributed by atoms with Crippen molar-refractivity contribution in [2.75, 3.05) is 6.54 Å². The quantitative estimate of drug-likeness (QED) is 0.700. The summed E-state index contributed by atoms with van der Waals surface area (Å²) in [5, 5.41) is 0. The molecule has 0 aliphatic heterocycles. The maximum atomic E-state index is 11.4. The van der Waals surface area contributed by atoms with Gasteiger partial charge in [-0.2, -0.15) is 0 Å². The SMILES string of the molecule is Cc1ccn(CCCCN)c(=O)c1. The molecule has 0 saturated heterocycles. The van der Waals surface area contributed by atoms with Crippen LogP contribution in [0.2, 0.25) is 0 Å². The number of unbranched alkanes of at least 4 members (excludes halogenated alkanes) is 1. The van der Waals surface area contributed by atoms with Gasteiger partial charge in [0.15, 0.2) is 0 Å². The van der Waals surface area contributed by atoms with E-state index in [1.54, 1.807) is 10.6 Å². The Balaban J connectivity index is 2.62. The van der Waals surface area contributed by atoms with Crippen LogP contribution in [0.3, 0.4) is 0 Å². The second-order valence-electron chi connectivity index (χ2n) is 3.23. The van der Waals surface area contributed by atoms with E-state index in [0.717, 1.165) is 24.9 Å². The van der Waals surface area contributed by atoms with Crippen LogP contribution in [-0.4, -0.2) is 11.1 Å².